The highest BCUT2D eigenvalue weighted by Gasteiger charge is 2.15. The standard InChI is InChI=1S/C11H20OS2/c1-9(2)11(12)6-4-3-5-10-7-8-13-14-10/h10-12H,1,3-8H2,2H3. The molecule has 14 heavy (non-hydrogen) atoms. The maximum Gasteiger partial charge on any atom is 0.0744 e. The van der Waals surface area contributed by atoms with Gasteiger partial charge in [-0.3, -0.25) is 0 Å². The molecule has 0 aromatic carbocycles. The summed E-state index contributed by atoms with van der Waals surface area (Å²) in [7, 11) is 4.05. The monoisotopic (exact) mass is 232 g/mol. The quantitative estimate of drug-likeness (QED) is 0.429. The highest BCUT2D eigenvalue weighted by atomic mass is 33.1. The summed E-state index contributed by atoms with van der Waals surface area (Å²) >= 11 is 0. The zero-order valence-electron chi connectivity index (χ0n) is 8.87. The van der Waals surface area contributed by atoms with Crippen molar-refractivity contribution in [2.45, 2.75) is 50.4 Å². The molecule has 0 spiro atoms. The van der Waals surface area contributed by atoms with E-state index >= 15 is 0 Å². The average Bonchev–Trinajstić information content (AvgIpc) is 2.64. The Morgan fingerprint density at radius 2 is 2.36 bits per heavy atom. The van der Waals surface area contributed by atoms with Gasteiger partial charge in [-0.1, -0.05) is 46.6 Å². The third-order valence-electron chi connectivity index (χ3n) is 2.55. The van der Waals surface area contributed by atoms with Gasteiger partial charge in [-0.25, -0.2) is 0 Å². The maximum absolute atomic E-state index is 9.51. The van der Waals surface area contributed by atoms with Gasteiger partial charge in [0.25, 0.3) is 0 Å². The van der Waals surface area contributed by atoms with Gasteiger partial charge in [0.1, 0.15) is 0 Å². The first-order chi connectivity index (χ1) is 6.70. The van der Waals surface area contributed by atoms with E-state index in [9.17, 15) is 5.11 Å². The molecule has 0 radical (unpaired) electrons. The fourth-order valence-electron chi connectivity index (χ4n) is 1.52. The van der Waals surface area contributed by atoms with Gasteiger partial charge in [-0.05, 0) is 26.2 Å². The van der Waals surface area contributed by atoms with Crippen LogP contribution in [0.3, 0.4) is 0 Å². The molecule has 2 unspecified atom stereocenters. The molecule has 1 fully saturated rings. The van der Waals surface area contributed by atoms with Crippen molar-refractivity contribution >= 4 is 21.6 Å². The second kappa shape index (κ2) is 6.81. The van der Waals surface area contributed by atoms with Crippen molar-refractivity contribution in [3.05, 3.63) is 12.2 Å². The van der Waals surface area contributed by atoms with E-state index in [1.165, 1.54) is 25.0 Å². The fourth-order valence-corrected chi connectivity index (χ4v) is 4.55. The number of unbranched alkanes of at least 4 members (excludes halogenated alkanes) is 1. The Balaban J connectivity index is 1.95. The van der Waals surface area contributed by atoms with Crippen LogP contribution in [0.25, 0.3) is 0 Å². The number of hydrogen-bond donors (Lipinski definition) is 1. The van der Waals surface area contributed by atoms with Crippen LogP contribution in [0.4, 0.5) is 0 Å². The molecule has 1 nitrogen and oxygen atoms in total. The minimum Gasteiger partial charge on any atom is -0.389 e. The third kappa shape index (κ3) is 4.76. The van der Waals surface area contributed by atoms with Crippen LogP contribution in [0.1, 0.15) is 39.0 Å². The van der Waals surface area contributed by atoms with Gasteiger partial charge >= 0.3 is 0 Å². The molecule has 0 aliphatic carbocycles. The van der Waals surface area contributed by atoms with Crippen molar-refractivity contribution < 1.29 is 5.11 Å². The summed E-state index contributed by atoms with van der Waals surface area (Å²) in [5, 5.41) is 10.4. The van der Waals surface area contributed by atoms with Crippen molar-refractivity contribution in [2.75, 3.05) is 5.75 Å². The van der Waals surface area contributed by atoms with E-state index in [1.54, 1.807) is 0 Å². The van der Waals surface area contributed by atoms with Crippen LogP contribution in [0.2, 0.25) is 0 Å². The molecule has 3 heteroatoms. The van der Waals surface area contributed by atoms with Crippen molar-refractivity contribution in [3.63, 3.8) is 0 Å². The lowest BCUT2D eigenvalue weighted by atomic mass is 10.0. The molecule has 1 aliphatic heterocycles. The first-order valence-electron chi connectivity index (χ1n) is 5.32. The normalized spacial score (nSPS) is 23.7. The Bertz CT molecular complexity index is 176. The van der Waals surface area contributed by atoms with Gasteiger partial charge in [0.15, 0.2) is 0 Å². The van der Waals surface area contributed by atoms with Crippen molar-refractivity contribution in [1.29, 1.82) is 0 Å². The molecule has 1 rings (SSSR count). The first kappa shape index (κ1) is 12.5. The van der Waals surface area contributed by atoms with Crippen LogP contribution in [-0.4, -0.2) is 22.2 Å². The van der Waals surface area contributed by atoms with Crippen LogP contribution >= 0.6 is 21.6 Å². The zero-order valence-corrected chi connectivity index (χ0v) is 10.5. The molecular weight excluding hydrogens is 212 g/mol. The lowest BCUT2D eigenvalue weighted by Crippen LogP contribution is -2.07. The molecule has 1 aliphatic rings. The maximum atomic E-state index is 9.51. The number of rotatable bonds is 6. The van der Waals surface area contributed by atoms with Crippen LogP contribution in [-0.2, 0) is 0 Å². The number of hydrogen-bond acceptors (Lipinski definition) is 3. The summed E-state index contributed by atoms with van der Waals surface area (Å²) in [5.74, 6) is 1.32. The summed E-state index contributed by atoms with van der Waals surface area (Å²) in [5.41, 5.74) is 0.899. The van der Waals surface area contributed by atoms with Crippen LogP contribution in [0.15, 0.2) is 12.2 Å². The Kier molecular flexibility index (Phi) is 6.06. The molecular formula is C11H20OS2. The topological polar surface area (TPSA) is 20.2 Å². The van der Waals surface area contributed by atoms with Crippen LogP contribution in [0.5, 0.6) is 0 Å². The van der Waals surface area contributed by atoms with Gasteiger partial charge in [-0.15, -0.1) is 0 Å². The minimum atomic E-state index is -0.277. The first-order valence-corrected chi connectivity index (χ1v) is 7.70. The molecule has 1 heterocycles. The minimum absolute atomic E-state index is 0.277. The molecule has 0 saturated carbocycles. The molecule has 2 atom stereocenters. The van der Waals surface area contributed by atoms with Gasteiger partial charge in [0, 0.05) is 11.0 Å². The number of aliphatic hydroxyl groups excluding tert-OH is 1. The van der Waals surface area contributed by atoms with Crippen LogP contribution < -0.4 is 0 Å². The fraction of sp³-hybridized carbons (Fsp3) is 0.818. The smallest absolute Gasteiger partial charge is 0.0744 e. The van der Waals surface area contributed by atoms with Crippen LogP contribution in [0, 0.1) is 0 Å². The van der Waals surface area contributed by atoms with E-state index in [1.807, 2.05) is 28.5 Å². The lowest BCUT2D eigenvalue weighted by molar-refractivity contribution is 0.196. The number of aliphatic hydroxyl groups is 1. The predicted octanol–water partition coefficient (Wildman–Crippen LogP) is 3.64. The van der Waals surface area contributed by atoms with Gasteiger partial charge in [0.2, 0.25) is 0 Å². The van der Waals surface area contributed by atoms with E-state index < -0.39 is 0 Å². The van der Waals surface area contributed by atoms with Crippen molar-refractivity contribution in [1.82, 2.24) is 0 Å². The zero-order chi connectivity index (χ0) is 10.4. The van der Waals surface area contributed by atoms with Gasteiger partial charge < -0.3 is 5.11 Å². The highest BCUT2D eigenvalue weighted by molar-refractivity contribution is 8.77. The SMILES string of the molecule is C=C(C)C(O)CCCCC1CCSS1. The summed E-state index contributed by atoms with van der Waals surface area (Å²) in [6.45, 7) is 5.65. The van der Waals surface area contributed by atoms with E-state index in [-0.39, 0.29) is 6.10 Å². The molecule has 1 N–H and O–H groups in total. The summed E-state index contributed by atoms with van der Waals surface area (Å²) in [6, 6.07) is 0. The van der Waals surface area contributed by atoms with Crippen molar-refractivity contribution in [2.24, 2.45) is 0 Å². The Hall–Kier alpha value is 0.400. The molecule has 1 saturated heterocycles. The van der Waals surface area contributed by atoms with E-state index in [4.69, 9.17) is 0 Å². The van der Waals surface area contributed by atoms with E-state index in [0.717, 1.165) is 23.7 Å². The summed E-state index contributed by atoms with van der Waals surface area (Å²) < 4.78 is 0. The summed E-state index contributed by atoms with van der Waals surface area (Å²) in [4.78, 5) is 0. The second-order valence-electron chi connectivity index (χ2n) is 3.98. The average molecular weight is 232 g/mol. The molecule has 0 aromatic rings. The second-order valence-corrected chi connectivity index (χ2v) is 6.76. The Morgan fingerprint density at radius 3 is 2.93 bits per heavy atom. The van der Waals surface area contributed by atoms with Gasteiger partial charge in [-0.2, -0.15) is 0 Å². The Morgan fingerprint density at radius 1 is 1.57 bits per heavy atom. The predicted molar refractivity (Wildman–Crippen MR) is 67.7 cm³/mol. The third-order valence-corrected chi connectivity index (χ3v) is 5.56. The lowest BCUT2D eigenvalue weighted by Gasteiger charge is -2.10. The Labute approximate surface area is 95.1 Å². The van der Waals surface area contributed by atoms with E-state index in [0.29, 0.717) is 0 Å². The highest BCUT2D eigenvalue weighted by Crippen LogP contribution is 2.39. The molecule has 0 aromatic heterocycles. The molecule has 0 bridgehead atoms. The largest absolute Gasteiger partial charge is 0.389 e. The van der Waals surface area contributed by atoms with E-state index in [2.05, 4.69) is 6.58 Å². The molecule has 0 amide bonds. The van der Waals surface area contributed by atoms with Gasteiger partial charge in [0.05, 0.1) is 6.10 Å². The van der Waals surface area contributed by atoms with Crippen molar-refractivity contribution in [3.8, 4) is 0 Å². The summed E-state index contributed by atoms with van der Waals surface area (Å²) in [6.07, 6.45) is 5.69. The molecule has 82 valence electrons.